The van der Waals surface area contributed by atoms with Crippen LogP contribution in [0.15, 0.2) is 170 Å². The van der Waals surface area contributed by atoms with E-state index in [1.807, 2.05) is 84.9 Å². The first-order valence-corrected chi connectivity index (χ1v) is 16.7. The van der Waals surface area contributed by atoms with Crippen LogP contribution in [0.1, 0.15) is 13.7 Å². The maximum absolute atomic E-state index is 8.86. The zero-order valence-corrected chi connectivity index (χ0v) is 26.9. The molecule has 50 heavy (non-hydrogen) atoms. The lowest BCUT2D eigenvalue weighted by molar-refractivity contribution is 1.07. The molecule has 10 rings (SSSR count). The lowest BCUT2D eigenvalue weighted by Crippen LogP contribution is -2.01. The summed E-state index contributed by atoms with van der Waals surface area (Å²) in [6, 6.07) is 30.4. The standard InChI is InChI=1S/C45H28N4S/c1-4-15-29(16-5-1)33-23-14-24-36-37-27-32(49-39-25-12-10-21-34(39)35-22-11-13-26-40(35)49)28-38(42(37)50-41(33)36)45-47-43(30-17-6-2-7-18-30)46-44(48-45)31-19-8-3-9-20-31/h1-28H/i1D,2D,4D,5D,6D,7D,15D,16D,17D,18D. The molecule has 0 atom stereocenters. The number of nitrogens with zero attached hydrogens (tertiary/aromatic N) is 4. The van der Waals surface area contributed by atoms with E-state index in [0.29, 0.717) is 26.1 Å². The van der Waals surface area contributed by atoms with Gasteiger partial charge in [0.25, 0.3) is 0 Å². The van der Waals surface area contributed by atoms with Crippen molar-refractivity contribution >= 4 is 53.3 Å². The van der Waals surface area contributed by atoms with E-state index >= 15 is 0 Å². The van der Waals surface area contributed by atoms with Crippen molar-refractivity contribution in [2.75, 3.05) is 0 Å². The second-order valence-electron chi connectivity index (χ2n) is 11.7. The van der Waals surface area contributed by atoms with Crippen molar-refractivity contribution in [2.24, 2.45) is 0 Å². The van der Waals surface area contributed by atoms with Crippen molar-refractivity contribution in [1.82, 2.24) is 19.5 Å². The van der Waals surface area contributed by atoms with Crippen molar-refractivity contribution < 1.29 is 13.7 Å². The molecule has 0 spiro atoms. The third-order valence-electron chi connectivity index (χ3n) is 8.82. The van der Waals surface area contributed by atoms with E-state index in [-0.39, 0.29) is 40.7 Å². The van der Waals surface area contributed by atoms with Gasteiger partial charge >= 0.3 is 0 Å². The Bertz CT molecular complexity index is 3350. The molecule has 0 aliphatic rings. The Kier molecular flexibility index (Phi) is 4.69. The molecule has 0 aliphatic carbocycles. The second-order valence-corrected chi connectivity index (χ2v) is 12.7. The quantitative estimate of drug-likeness (QED) is 0.184. The lowest BCUT2D eigenvalue weighted by Gasteiger charge is -2.13. The van der Waals surface area contributed by atoms with Crippen LogP contribution in [-0.2, 0) is 0 Å². The average Bonchev–Trinajstić information content (AvgIpc) is 3.83. The summed E-state index contributed by atoms with van der Waals surface area (Å²) in [4.78, 5) is 14.7. The highest BCUT2D eigenvalue weighted by Crippen LogP contribution is 2.45. The normalized spacial score (nSPS) is 14.4. The van der Waals surface area contributed by atoms with Crippen molar-refractivity contribution in [3.63, 3.8) is 0 Å². The number of thiophene rings is 1. The molecule has 234 valence electrons. The topological polar surface area (TPSA) is 43.6 Å². The van der Waals surface area contributed by atoms with Gasteiger partial charge in [-0.1, -0.05) is 145 Å². The molecule has 0 bridgehead atoms. The summed E-state index contributed by atoms with van der Waals surface area (Å²) in [5.41, 5.74) is 4.20. The van der Waals surface area contributed by atoms with E-state index in [1.54, 1.807) is 6.07 Å². The van der Waals surface area contributed by atoms with Gasteiger partial charge in [-0.05, 0) is 35.4 Å². The number of para-hydroxylation sites is 2. The van der Waals surface area contributed by atoms with Crippen molar-refractivity contribution in [3.05, 3.63) is 170 Å². The molecule has 5 heteroatoms. The molecule has 4 nitrogen and oxygen atoms in total. The molecular formula is C45H28N4S. The van der Waals surface area contributed by atoms with Crippen LogP contribution in [0.4, 0.5) is 0 Å². The fraction of sp³-hybridized carbons (Fsp3) is 0. The maximum Gasteiger partial charge on any atom is 0.165 e. The second kappa shape index (κ2) is 11.6. The molecule has 0 amide bonds. The molecule has 10 aromatic rings. The van der Waals surface area contributed by atoms with Gasteiger partial charge in [-0.25, -0.2) is 15.0 Å². The predicted molar refractivity (Wildman–Crippen MR) is 209 cm³/mol. The zero-order chi connectivity index (χ0) is 41.7. The Morgan fingerprint density at radius 3 is 1.70 bits per heavy atom. The summed E-state index contributed by atoms with van der Waals surface area (Å²) in [5, 5.41) is 3.64. The first-order chi connectivity index (χ1) is 28.9. The minimum Gasteiger partial charge on any atom is -0.309 e. The number of hydrogen-bond acceptors (Lipinski definition) is 4. The van der Waals surface area contributed by atoms with Gasteiger partial charge in [0.2, 0.25) is 0 Å². The molecule has 0 saturated heterocycles. The van der Waals surface area contributed by atoms with Gasteiger partial charge in [-0.15, -0.1) is 11.3 Å². The van der Waals surface area contributed by atoms with Gasteiger partial charge in [0.15, 0.2) is 17.5 Å². The first kappa shape index (κ1) is 20.2. The highest BCUT2D eigenvalue weighted by atomic mass is 32.1. The smallest absolute Gasteiger partial charge is 0.165 e. The average molecular weight is 667 g/mol. The molecule has 0 unspecified atom stereocenters. The molecular weight excluding hydrogens is 629 g/mol. The van der Waals surface area contributed by atoms with E-state index in [1.165, 1.54) is 11.3 Å². The SMILES string of the molecule is [2H]c1c([2H])c([2H])c(-c2nc(-c3ccccc3)nc(-c3cc(-n4c5ccccc5c5ccccc54)cc4c3sc3c(-c5c([2H])c([2H])c([2H])c([2H])c5[2H])cccc34)n2)c([2H])c1[2H]. The molecule has 0 N–H and O–H groups in total. The highest BCUT2D eigenvalue weighted by Gasteiger charge is 2.21. The Hall–Kier alpha value is -6.43. The summed E-state index contributed by atoms with van der Waals surface area (Å²) in [6.07, 6.45) is 0. The van der Waals surface area contributed by atoms with Gasteiger partial charge in [0.1, 0.15) is 0 Å². The number of hydrogen-bond donors (Lipinski definition) is 0. The van der Waals surface area contributed by atoms with Crippen molar-refractivity contribution in [3.8, 4) is 51.0 Å². The van der Waals surface area contributed by atoms with E-state index in [2.05, 4.69) is 22.8 Å². The largest absolute Gasteiger partial charge is 0.309 e. The number of aromatic nitrogens is 4. The van der Waals surface area contributed by atoms with Gasteiger partial charge in [-0.2, -0.15) is 0 Å². The van der Waals surface area contributed by atoms with E-state index in [4.69, 9.17) is 28.7 Å². The first-order valence-electron chi connectivity index (χ1n) is 20.9. The van der Waals surface area contributed by atoms with Crippen LogP contribution in [0, 0.1) is 0 Å². The number of fused-ring (bicyclic) bond motifs is 6. The van der Waals surface area contributed by atoms with Crippen LogP contribution in [-0.4, -0.2) is 19.5 Å². The monoisotopic (exact) mass is 666 g/mol. The van der Waals surface area contributed by atoms with E-state index < -0.39 is 48.3 Å². The molecule has 7 aromatic carbocycles. The minimum atomic E-state index is -0.535. The zero-order valence-electron chi connectivity index (χ0n) is 36.1. The van der Waals surface area contributed by atoms with E-state index in [0.717, 1.165) is 38.3 Å². The molecule has 0 radical (unpaired) electrons. The summed E-state index contributed by atoms with van der Waals surface area (Å²) in [5.74, 6) is 0.292. The third kappa shape index (κ3) is 4.63. The third-order valence-corrected chi connectivity index (χ3v) is 10.1. The Morgan fingerprint density at radius 1 is 0.440 bits per heavy atom. The molecule has 0 aliphatic heterocycles. The van der Waals surface area contributed by atoms with Gasteiger partial charge in [-0.3, -0.25) is 0 Å². The van der Waals surface area contributed by atoms with Crippen LogP contribution < -0.4 is 0 Å². The Morgan fingerprint density at radius 2 is 1.00 bits per heavy atom. The van der Waals surface area contributed by atoms with Crippen LogP contribution in [0.5, 0.6) is 0 Å². The maximum atomic E-state index is 8.86. The molecule has 3 aromatic heterocycles. The van der Waals surface area contributed by atoms with Crippen LogP contribution in [0.25, 0.3) is 93.0 Å². The highest BCUT2D eigenvalue weighted by molar-refractivity contribution is 7.26. The van der Waals surface area contributed by atoms with Crippen LogP contribution >= 0.6 is 11.3 Å². The summed E-state index contributed by atoms with van der Waals surface area (Å²) in [7, 11) is 0. The van der Waals surface area contributed by atoms with Crippen molar-refractivity contribution in [1.29, 1.82) is 0 Å². The Labute approximate surface area is 306 Å². The van der Waals surface area contributed by atoms with Gasteiger partial charge < -0.3 is 4.57 Å². The Balaban J connectivity index is 1.36. The molecule has 3 heterocycles. The number of benzene rings is 7. The molecule has 0 saturated carbocycles. The lowest BCUT2D eigenvalue weighted by atomic mass is 10.0. The summed E-state index contributed by atoms with van der Waals surface area (Å²) in [6.45, 7) is 0. The summed E-state index contributed by atoms with van der Waals surface area (Å²) < 4.78 is 89.2. The predicted octanol–water partition coefficient (Wildman–Crippen LogP) is 12.0. The van der Waals surface area contributed by atoms with Crippen LogP contribution in [0.2, 0.25) is 0 Å². The molecule has 0 fully saturated rings. The van der Waals surface area contributed by atoms with E-state index in [9.17, 15) is 0 Å². The summed E-state index contributed by atoms with van der Waals surface area (Å²) >= 11 is 1.36. The van der Waals surface area contributed by atoms with Gasteiger partial charge in [0.05, 0.1) is 24.7 Å². The number of rotatable bonds is 5. The van der Waals surface area contributed by atoms with Crippen molar-refractivity contribution in [2.45, 2.75) is 0 Å². The minimum absolute atomic E-state index is 0.0809. The van der Waals surface area contributed by atoms with Gasteiger partial charge in [0, 0.05) is 53.3 Å². The fourth-order valence-corrected chi connectivity index (χ4v) is 7.96. The fourth-order valence-electron chi connectivity index (χ4n) is 6.65. The van der Waals surface area contributed by atoms with Crippen LogP contribution in [0.3, 0.4) is 0 Å².